The van der Waals surface area contributed by atoms with Crippen molar-refractivity contribution >= 4 is 5.84 Å². The van der Waals surface area contributed by atoms with Gasteiger partial charge in [0, 0.05) is 5.56 Å². The minimum Gasteiger partial charge on any atom is -0.507 e. The smallest absolute Gasteiger partial charge is 0.419 e. The fraction of sp³-hybridized carbons (Fsp3) is 0.364. The van der Waals surface area contributed by atoms with Crippen LogP contribution in [0.25, 0.3) is 0 Å². The fourth-order valence-corrected chi connectivity index (χ4v) is 1.40. The lowest BCUT2D eigenvalue weighted by atomic mass is 10.1. The maximum atomic E-state index is 12.5. The number of amidine groups is 1. The van der Waals surface area contributed by atoms with Gasteiger partial charge in [-0.3, -0.25) is 4.99 Å². The van der Waals surface area contributed by atoms with E-state index in [0.29, 0.717) is 0 Å². The molecule has 0 aliphatic heterocycles. The molecule has 1 fully saturated rings. The number of phenolic OH excluding ortho intramolecular Hbond substituents is 1. The zero-order valence-electron chi connectivity index (χ0n) is 8.83. The van der Waals surface area contributed by atoms with Gasteiger partial charge in [-0.2, -0.15) is 13.2 Å². The molecule has 0 heterocycles. The van der Waals surface area contributed by atoms with Crippen molar-refractivity contribution in [3.8, 4) is 5.75 Å². The maximum Gasteiger partial charge on any atom is 0.419 e. The van der Waals surface area contributed by atoms with Gasteiger partial charge in [0.05, 0.1) is 11.6 Å². The molecule has 0 atom stereocenters. The average Bonchev–Trinajstić information content (AvgIpc) is 3.00. The molecule has 0 radical (unpaired) electrons. The minimum absolute atomic E-state index is 0.0815. The molecule has 3 N–H and O–H groups in total. The zero-order valence-corrected chi connectivity index (χ0v) is 8.83. The molecular formula is C11H11F3N2O. The van der Waals surface area contributed by atoms with Gasteiger partial charge in [-0.25, -0.2) is 0 Å². The Morgan fingerprint density at radius 3 is 2.53 bits per heavy atom. The van der Waals surface area contributed by atoms with Crippen molar-refractivity contribution in [1.29, 1.82) is 0 Å². The highest BCUT2D eigenvalue weighted by Gasteiger charge is 2.34. The molecule has 1 aromatic carbocycles. The van der Waals surface area contributed by atoms with E-state index in [1.54, 1.807) is 0 Å². The minimum atomic E-state index is -4.60. The van der Waals surface area contributed by atoms with Crippen LogP contribution in [0.3, 0.4) is 0 Å². The summed E-state index contributed by atoms with van der Waals surface area (Å²) in [5, 5.41) is 9.15. The lowest BCUT2D eigenvalue weighted by Gasteiger charge is -2.10. The number of halogens is 3. The Hall–Kier alpha value is -1.72. The summed E-state index contributed by atoms with van der Waals surface area (Å²) in [6.07, 6.45) is -2.75. The first kappa shape index (κ1) is 11.8. The lowest BCUT2D eigenvalue weighted by molar-refractivity contribution is -0.138. The van der Waals surface area contributed by atoms with Crippen LogP contribution in [-0.2, 0) is 6.18 Å². The van der Waals surface area contributed by atoms with Crippen molar-refractivity contribution in [2.45, 2.75) is 25.1 Å². The molecule has 17 heavy (non-hydrogen) atoms. The first-order chi connectivity index (χ1) is 7.88. The van der Waals surface area contributed by atoms with Crippen LogP contribution in [0.4, 0.5) is 13.2 Å². The fourth-order valence-electron chi connectivity index (χ4n) is 1.40. The van der Waals surface area contributed by atoms with Gasteiger partial charge in [0.1, 0.15) is 11.6 Å². The molecule has 6 heteroatoms. The van der Waals surface area contributed by atoms with Gasteiger partial charge in [0.2, 0.25) is 0 Å². The van der Waals surface area contributed by atoms with Gasteiger partial charge in [0.25, 0.3) is 0 Å². The molecular weight excluding hydrogens is 233 g/mol. The van der Waals surface area contributed by atoms with Crippen LogP contribution < -0.4 is 5.73 Å². The highest BCUT2D eigenvalue weighted by Crippen LogP contribution is 2.36. The predicted molar refractivity (Wildman–Crippen MR) is 56.9 cm³/mol. The Labute approximate surface area is 95.8 Å². The average molecular weight is 244 g/mol. The topological polar surface area (TPSA) is 58.6 Å². The summed E-state index contributed by atoms with van der Waals surface area (Å²) in [5.41, 5.74) is 4.69. The summed E-state index contributed by atoms with van der Waals surface area (Å²) in [6.45, 7) is 0. The number of nitrogens with zero attached hydrogens (tertiary/aromatic N) is 1. The van der Waals surface area contributed by atoms with Gasteiger partial charge in [0.15, 0.2) is 0 Å². The molecule has 92 valence electrons. The molecule has 0 unspecified atom stereocenters. The van der Waals surface area contributed by atoms with E-state index in [1.807, 2.05) is 0 Å². The number of hydrogen-bond donors (Lipinski definition) is 2. The van der Waals surface area contributed by atoms with Crippen molar-refractivity contribution < 1.29 is 18.3 Å². The Morgan fingerprint density at radius 2 is 2.00 bits per heavy atom. The van der Waals surface area contributed by atoms with E-state index in [0.717, 1.165) is 25.0 Å². The molecule has 0 aromatic heterocycles. The Kier molecular flexibility index (Phi) is 2.73. The van der Waals surface area contributed by atoms with Gasteiger partial charge in [-0.05, 0) is 31.0 Å². The number of phenols is 1. The summed E-state index contributed by atoms with van der Waals surface area (Å²) < 4.78 is 37.6. The number of aromatic hydroxyl groups is 1. The summed E-state index contributed by atoms with van der Waals surface area (Å²) in [7, 11) is 0. The normalized spacial score (nSPS) is 17.2. The number of nitrogens with two attached hydrogens (primary N) is 1. The van der Waals surface area contributed by atoms with Crippen molar-refractivity contribution in [3.05, 3.63) is 29.3 Å². The van der Waals surface area contributed by atoms with E-state index in [9.17, 15) is 13.2 Å². The van der Waals surface area contributed by atoms with Crippen LogP contribution in [0.2, 0.25) is 0 Å². The molecule has 1 aliphatic rings. The first-order valence-corrected chi connectivity index (χ1v) is 5.12. The van der Waals surface area contributed by atoms with Crippen LogP contribution in [0.15, 0.2) is 23.2 Å². The highest BCUT2D eigenvalue weighted by molar-refractivity contribution is 5.98. The van der Waals surface area contributed by atoms with E-state index >= 15 is 0 Å². The maximum absolute atomic E-state index is 12.5. The Morgan fingerprint density at radius 1 is 1.35 bits per heavy atom. The summed E-state index contributed by atoms with van der Waals surface area (Å²) in [4.78, 5) is 4.06. The standard InChI is InChI=1S/C11H11F3N2O/c12-11(13,14)8-5-6(1-4-9(8)17)10(15)16-7-2-3-7/h1,4-5,7,17H,2-3H2,(H2,15,16). The number of alkyl halides is 3. The number of hydrogen-bond acceptors (Lipinski definition) is 2. The molecule has 1 aliphatic carbocycles. The van der Waals surface area contributed by atoms with Crippen LogP contribution in [0.1, 0.15) is 24.0 Å². The van der Waals surface area contributed by atoms with E-state index < -0.39 is 17.5 Å². The first-order valence-electron chi connectivity index (χ1n) is 5.12. The van der Waals surface area contributed by atoms with E-state index in [2.05, 4.69) is 4.99 Å². The third-order valence-electron chi connectivity index (χ3n) is 2.47. The second-order valence-electron chi connectivity index (χ2n) is 3.98. The molecule has 1 saturated carbocycles. The largest absolute Gasteiger partial charge is 0.507 e. The molecule has 2 rings (SSSR count). The Balaban J connectivity index is 2.36. The SMILES string of the molecule is NC(=NC1CC1)c1ccc(O)c(C(F)(F)F)c1. The molecule has 1 aromatic rings. The summed E-state index contributed by atoms with van der Waals surface area (Å²) in [6, 6.07) is 3.26. The predicted octanol–water partition coefficient (Wildman–Crippen LogP) is 2.28. The van der Waals surface area contributed by atoms with Crippen LogP contribution in [0, 0.1) is 0 Å². The number of aliphatic imine (C=N–C) groups is 1. The zero-order chi connectivity index (χ0) is 12.6. The van der Waals surface area contributed by atoms with Crippen molar-refractivity contribution in [3.63, 3.8) is 0 Å². The van der Waals surface area contributed by atoms with Gasteiger partial charge >= 0.3 is 6.18 Å². The van der Waals surface area contributed by atoms with Crippen LogP contribution in [-0.4, -0.2) is 17.0 Å². The summed E-state index contributed by atoms with van der Waals surface area (Å²) >= 11 is 0. The second-order valence-corrected chi connectivity index (χ2v) is 3.98. The van der Waals surface area contributed by atoms with Crippen molar-refractivity contribution in [2.24, 2.45) is 10.7 Å². The monoisotopic (exact) mass is 244 g/mol. The molecule has 3 nitrogen and oxygen atoms in total. The molecule has 0 bridgehead atoms. The van der Waals surface area contributed by atoms with Gasteiger partial charge in [-0.1, -0.05) is 0 Å². The van der Waals surface area contributed by atoms with Crippen molar-refractivity contribution in [1.82, 2.24) is 0 Å². The number of rotatable bonds is 2. The lowest BCUT2D eigenvalue weighted by Crippen LogP contribution is -2.16. The third-order valence-corrected chi connectivity index (χ3v) is 2.47. The van der Waals surface area contributed by atoms with Gasteiger partial charge in [-0.15, -0.1) is 0 Å². The molecule has 0 amide bonds. The van der Waals surface area contributed by atoms with Crippen LogP contribution in [0.5, 0.6) is 5.75 Å². The third kappa shape index (κ3) is 2.69. The summed E-state index contributed by atoms with van der Waals surface area (Å²) in [5.74, 6) is -0.724. The van der Waals surface area contributed by atoms with Gasteiger partial charge < -0.3 is 10.8 Å². The Bertz CT molecular complexity index is 464. The van der Waals surface area contributed by atoms with E-state index in [-0.39, 0.29) is 17.4 Å². The molecule has 0 spiro atoms. The quantitative estimate of drug-likeness (QED) is 0.619. The number of benzene rings is 1. The van der Waals surface area contributed by atoms with Crippen LogP contribution >= 0.6 is 0 Å². The van der Waals surface area contributed by atoms with E-state index in [4.69, 9.17) is 10.8 Å². The van der Waals surface area contributed by atoms with E-state index in [1.165, 1.54) is 6.07 Å². The molecule has 0 saturated heterocycles. The van der Waals surface area contributed by atoms with Crippen molar-refractivity contribution in [2.75, 3.05) is 0 Å². The second kappa shape index (κ2) is 3.94. The highest BCUT2D eigenvalue weighted by atomic mass is 19.4.